The van der Waals surface area contributed by atoms with Crippen molar-refractivity contribution in [2.24, 2.45) is 5.92 Å². The number of rotatable bonds is 4. The first-order valence-electron chi connectivity index (χ1n) is 9.61. The zero-order chi connectivity index (χ0) is 22.2. The Morgan fingerprint density at radius 2 is 1.68 bits per heavy atom. The van der Waals surface area contributed by atoms with Gasteiger partial charge in [0.2, 0.25) is 15.9 Å². The third kappa shape index (κ3) is 4.59. The fourth-order valence-electron chi connectivity index (χ4n) is 3.54. The largest absolute Gasteiger partial charge is 0.486 e. The van der Waals surface area contributed by atoms with Crippen molar-refractivity contribution in [1.82, 2.24) is 4.31 Å². The molecular formula is C20H19Cl2FN2O5S. The molecule has 2 heterocycles. The Kier molecular flexibility index (Phi) is 6.30. The normalized spacial score (nSPS) is 17.4. The van der Waals surface area contributed by atoms with Crippen LogP contribution in [0.15, 0.2) is 35.2 Å². The molecule has 0 atom stereocenters. The fourth-order valence-corrected chi connectivity index (χ4v) is 5.48. The molecule has 2 aliphatic rings. The lowest BCUT2D eigenvalue weighted by Gasteiger charge is -2.30. The van der Waals surface area contributed by atoms with Crippen LogP contribution in [0.4, 0.5) is 10.1 Å². The predicted octanol–water partition coefficient (Wildman–Crippen LogP) is 3.94. The molecule has 1 amide bonds. The van der Waals surface area contributed by atoms with Crippen LogP contribution in [0.1, 0.15) is 12.8 Å². The van der Waals surface area contributed by atoms with Crippen molar-refractivity contribution in [3.05, 3.63) is 46.2 Å². The molecule has 2 aliphatic heterocycles. The molecular weight excluding hydrogens is 470 g/mol. The molecule has 166 valence electrons. The highest BCUT2D eigenvalue weighted by molar-refractivity contribution is 7.89. The summed E-state index contributed by atoms with van der Waals surface area (Å²) in [5.74, 6) is -0.291. The predicted molar refractivity (Wildman–Crippen MR) is 114 cm³/mol. The van der Waals surface area contributed by atoms with E-state index in [-0.39, 0.29) is 34.8 Å². The number of fused-ring (bicyclic) bond motifs is 1. The minimum absolute atomic E-state index is 0.0788. The Bertz CT molecular complexity index is 1120. The standard InChI is InChI=1S/C20H19Cl2FN2O5S/c21-14-9-13(1-2-16(14)23)31(27,28)25-5-3-12(4-6-25)20(26)24-17-11-19-18(10-15(17)22)29-7-8-30-19/h1-2,9-12H,3-8H2,(H,24,26). The van der Waals surface area contributed by atoms with Crippen LogP contribution < -0.4 is 14.8 Å². The van der Waals surface area contributed by atoms with Gasteiger partial charge in [0.1, 0.15) is 19.0 Å². The number of hydrogen-bond donors (Lipinski definition) is 1. The maximum absolute atomic E-state index is 13.4. The molecule has 7 nitrogen and oxygen atoms in total. The summed E-state index contributed by atoms with van der Waals surface area (Å²) in [6.45, 7) is 1.16. The second kappa shape index (κ2) is 8.82. The first kappa shape index (κ1) is 22.1. The third-order valence-corrected chi connectivity index (χ3v) is 7.74. The van der Waals surface area contributed by atoms with Gasteiger partial charge in [0, 0.05) is 31.1 Å². The van der Waals surface area contributed by atoms with Gasteiger partial charge in [-0.2, -0.15) is 4.31 Å². The Hall–Kier alpha value is -2.07. The summed E-state index contributed by atoms with van der Waals surface area (Å²) < 4.78 is 51.2. The second-order valence-corrected chi connectivity index (χ2v) is 9.97. The van der Waals surface area contributed by atoms with Crippen molar-refractivity contribution < 1.29 is 27.1 Å². The fraction of sp³-hybridized carbons (Fsp3) is 0.350. The van der Waals surface area contributed by atoms with Gasteiger partial charge in [0.15, 0.2) is 11.5 Å². The molecule has 0 saturated carbocycles. The number of carbonyl (C=O) groups excluding carboxylic acids is 1. The number of piperidine rings is 1. The second-order valence-electron chi connectivity index (χ2n) is 7.22. The zero-order valence-electron chi connectivity index (χ0n) is 16.2. The minimum atomic E-state index is -3.83. The van der Waals surface area contributed by atoms with Crippen molar-refractivity contribution in [2.75, 3.05) is 31.6 Å². The molecule has 0 radical (unpaired) electrons. The summed E-state index contributed by atoms with van der Waals surface area (Å²) in [5, 5.41) is 2.86. The van der Waals surface area contributed by atoms with Crippen LogP contribution in [0.2, 0.25) is 10.0 Å². The minimum Gasteiger partial charge on any atom is -0.486 e. The molecule has 4 rings (SSSR count). The molecule has 1 saturated heterocycles. The van der Waals surface area contributed by atoms with Gasteiger partial charge < -0.3 is 14.8 Å². The zero-order valence-corrected chi connectivity index (χ0v) is 18.6. The number of anilines is 1. The van der Waals surface area contributed by atoms with Crippen LogP contribution >= 0.6 is 23.2 Å². The first-order valence-corrected chi connectivity index (χ1v) is 11.8. The van der Waals surface area contributed by atoms with E-state index in [1.54, 1.807) is 12.1 Å². The molecule has 0 bridgehead atoms. The van der Waals surface area contributed by atoms with Crippen molar-refractivity contribution in [2.45, 2.75) is 17.7 Å². The lowest BCUT2D eigenvalue weighted by Crippen LogP contribution is -2.41. The Labute approximate surface area is 189 Å². The van der Waals surface area contributed by atoms with E-state index in [9.17, 15) is 17.6 Å². The summed E-state index contributed by atoms with van der Waals surface area (Å²) in [7, 11) is -3.83. The summed E-state index contributed by atoms with van der Waals surface area (Å²) >= 11 is 12.0. The van der Waals surface area contributed by atoms with Crippen LogP contribution in [0, 0.1) is 11.7 Å². The topological polar surface area (TPSA) is 84.9 Å². The number of halogens is 3. The third-order valence-electron chi connectivity index (χ3n) is 5.24. The highest BCUT2D eigenvalue weighted by atomic mass is 35.5. The molecule has 0 unspecified atom stereocenters. The van der Waals surface area contributed by atoms with Crippen molar-refractivity contribution in [1.29, 1.82) is 0 Å². The number of nitrogens with one attached hydrogen (secondary N) is 1. The highest BCUT2D eigenvalue weighted by Crippen LogP contribution is 2.38. The van der Waals surface area contributed by atoms with E-state index < -0.39 is 15.8 Å². The number of nitrogens with zero attached hydrogens (tertiary/aromatic N) is 1. The summed E-state index contributed by atoms with van der Waals surface area (Å²) in [4.78, 5) is 12.6. The molecule has 1 N–H and O–H groups in total. The van der Waals surface area contributed by atoms with E-state index >= 15 is 0 Å². The van der Waals surface area contributed by atoms with Gasteiger partial charge in [0.05, 0.1) is 20.6 Å². The Morgan fingerprint density at radius 3 is 2.32 bits per heavy atom. The van der Waals surface area contributed by atoms with Crippen LogP contribution in [-0.4, -0.2) is 44.9 Å². The van der Waals surface area contributed by atoms with Gasteiger partial charge in [0.25, 0.3) is 0 Å². The van der Waals surface area contributed by atoms with Crippen LogP contribution in [0.3, 0.4) is 0 Å². The maximum atomic E-state index is 13.4. The van der Waals surface area contributed by atoms with E-state index in [0.29, 0.717) is 48.3 Å². The number of ether oxygens (including phenoxy) is 2. The van der Waals surface area contributed by atoms with Crippen LogP contribution in [-0.2, 0) is 14.8 Å². The van der Waals surface area contributed by atoms with E-state index in [4.69, 9.17) is 32.7 Å². The summed E-state index contributed by atoms with van der Waals surface area (Å²) in [5.41, 5.74) is 0.409. The summed E-state index contributed by atoms with van der Waals surface area (Å²) in [6.07, 6.45) is 0.671. The molecule has 0 aliphatic carbocycles. The molecule has 2 aromatic carbocycles. The van der Waals surface area contributed by atoms with Gasteiger partial charge in [-0.15, -0.1) is 0 Å². The van der Waals surface area contributed by atoms with Gasteiger partial charge in [-0.1, -0.05) is 23.2 Å². The van der Waals surface area contributed by atoms with Gasteiger partial charge in [-0.25, -0.2) is 12.8 Å². The molecule has 0 aromatic heterocycles. The van der Waals surface area contributed by atoms with Crippen LogP contribution in [0.5, 0.6) is 11.5 Å². The first-order chi connectivity index (χ1) is 14.8. The number of hydrogen-bond acceptors (Lipinski definition) is 5. The van der Waals surface area contributed by atoms with Gasteiger partial charge in [-0.05, 0) is 31.0 Å². The number of amides is 1. The van der Waals surface area contributed by atoms with E-state index in [0.717, 1.165) is 12.1 Å². The Balaban J connectivity index is 1.40. The smallest absolute Gasteiger partial charge is 0.243 e. The lowest BCUT2D eigenvalue weighted by molar-refractivity contribution is -0.120. The molecule has 31 heavy (non-hydrogen) atoms. The number of sulfonamides is 1. The van der Waals surface area contributed by atoms with Gasteiger partial charge in [-0.3, -0.25) is 4.79 Å². The summed E-state index contributed by atoms with van der Waals surface area (Å²) in [6, 6.07) is 6.50. The molecule has 2 aromatic rings. The van der Waals surface area contributed by atoms with Crippen molar-refractivity contribution in [3.8, 4) is 11.5 Å². The average molecular weight is 489 g/mol. The number of benzene rings is 2. The maximum Gasteiger partial charge on any atom is 0.243 e. The molecule has 11 heteroatoms. The quantitative estimate of drug-likeness (QED) is 0.704. The van der Waals surface area contributed by atoms with E-state index in [1.807, 2.05) is 0 Å². The van der Waals surface area contributed by atoms with E-state index in [1.165, 1.54) is 10.4 Å². The lowest BCUT2D eigenvalue weighted by atomic mass is 9.97. The van der Waals surface area contributed by atoms with Gasteiger partial charge >= 0.3 is 0 Å². The highest BCUT2D eigenvalue weighted by Gasteiger charge is 2.32. The Morgan fingerprint density at radius 1 is 1.03 bits per heavy atom. The number of carbonyl (C=O) groups is 1. The van der Waals surface area contributed by atoms with E-state index in [2.05, 4.69) is 5.32 Å². The van der Waals surface area contributed by atoms with Crippen LogP contribution in [0.25, 0.3) is 0 Å². The molecule has 1 fully saturated rings. The van der Waals surface area contributed by atoms with Crippen molar-refractivity contribution in [3.63, 3.8) is 0 Å². The average Bonchev–Trinajstić information content (AvgIpc) is 2.76. The molecule has 0 spiro atoms. The SMILES string of the molecule is O=C(Nc1cc2c(cc1Cl)OCCO2)C1CCN(S(=O)(=O)c2ccc(F)c(Cl)c2)CC1. The monoisotopic (exact) mass is 488 g/mol. The van der Waals surface area contributed by atoms with Crippen molar-refractivity contribution >= 4 is 44.8 Å².